The van der Waals surface area contributed by atoms with Crippen LogP contribution in [0.15, 0.2) is 34.8 Å². The van der Waals surface area contributed by atoms with Crippen LogP contribution in [0, 0.1) is 0 Å². The number of fused-ring (bicyclic) bond motifs is 3. The fourth-order valence-electron chi connectivity index (χ4n) is 2.93. The Morgan fingerprint density at radius 2 is 2.08 bits per heavy atom. The van der Waals surface area contributed by atoms with E-state index in [2.05, 4.69) is 44.5 Å². The summed E-state index contributed by atoms with van der Waals surface area (Å²) in [6.07, 6.45) is 7.20. The Labute approximate surface area is 149 Å². The molecule has 0 aliphatic rings. The molecule has 4 N–H and O–H groups in total. The topological polar surface area (TPSA) is 82.8 Å². The second kappa shape index (κ2) is 7.32. The lowest BCUT2D eigenvalue weighted by Crippen LogP contribution is -2.04. The fraction of sp³-hybridized carbons (Fsp3) is 0.333. The molecule has 0 bridgehead atoms. The Morgan fingerprint density at radius 1 is 1.25 bits per heavy atom. The van der Waals surface area contributed by atoms with Crippen LogP contribution in [0.3, 0.4) is 0 Å². The van der Waals surface area contributed by atoms with Gasteiger partial charge in [-0.15, -0.1) is 0 Å². The average molecular weight is 388 g/mol. The average Bonchev–Trinajstić information content (AvgIpc) is 2.94. The number of allylic oxidation sites excluding steroid dienone is 1. The van der Waals surface area contributed by atoms with Gasteiger partial charge in [-0.1, -0.05) is 41.4 Å². The number of imidazole rings is 1. The van der Waals surface area contributed by atoms with E-state index < -0.39 is 0 Å². The normalized spacial score (nSPS) is 12.0. The Morgan fingerprint density at radius 3 is 2.83 bits per heavy atom. The SMILES string of the molecule is CCCCc1nc2c(N)nc3ccc(Br)cc3c2n1C/C=C/CN. The van der Waals surface area contributed by atoms with Gasteiger partial charge in [0.1, 0.15) is 11.3 Å². The first-order chi connectivity index (χ1) is 11.7. The van der Waals surface area contributed by atoms with Gasteiger partial charge in [0, 0.05) is 29.4 Å². The maximum Gasteiger partial charge on any atom is 0.152 e. The molecule has 0 spiro atoms. The zero-order chi connectivity index (χ0) is 17.1. The van der Waals surface area contributed by atoms with Crippen LogP contribution in [0.1, 0.15) is 25.6 Å². The number of rotatable bonds is 6. The number of nitrogens with zero attached hydrogens (tertiary/aromatic N) is 3. The maximum atomic E-state index is 6.19. The highest BCUT2D eigenvalue weighted by Crippen LogP contribution is 2.31. The second-order valence-corrected chi connectivity index (χ2v) is 6.72. The Hall–Kier alpha value is -1.92. The maximum absolute atomic E-state index is 6.19. The summed E-state index contributed by atoms with van der Waals surface area (Å²) in [6.45, 7) is 3.45. The van der Waals surface area contributed by atoms with Gasteiger partial charge < -0.3 is 16.0 Å². The lowest BCUT2D eigenvalue weighted by atomic mass is 10.2. The molecule has 1 aromatic carbocycles. The van der Waals surface area contributed by atoms with Crippen LogP contribution in [-0.4, -0.2) is 21.1 Å². The van der Waals surface area contributed by atoms with E-state index in [9.17, 15) is 0 Å². The molecule has 0 saturated carbocycles. The predicted octanol–water partition coefficient (Wildman–Crippen LogP) is 3.79. The highest BCUT2D eigenvalue weighted by molar-refractivity contribution is 9.10. The summed E-state index contributed by atoms with van der Waals surface area (Å²) in [6, 6.07) is 6.04. The molecule has 3 rings (SSSR count). The molecule has 0 aliphatic carbocycles. The van der Waals surface area contributed by atoms with Crippen molar-refractivity contribution in [3.05, 3.63) is 40.6 Å². The van der Waals surface area contributed by atoms with Gasteiger partial charge >= 0.3 is 0 Å². The summed E-state index contributed by atoms with van der Waals surface area (Å²) in [5.41, 5.74) is 14.5. The third kappa shape index (κ3) is 3.16. The molecule has 5 nitrogen and oxygen atoms in total. The van der Waals surface area contributed by atoms with E-state index in [1.807, 2.05) is 18.2 Å². The number of aryl methyl sites for hydroxylation is 1. The van der Waals surface area contributed by atoms with Crippen molar-refractivity contribution < 1.29 is 0 Å². The molecular formula is C18H22BrN5. The summed E-state index contributed by atoms with van der Waals surface area (Å²) >= 11 is 3.55. The molecule has 0 amide bonds. The number of aromatic nitrogens is 3. The van der Waals surface area contributed by atoms with Crippen molar-refractivity contribution in [1.29, 1.82) is 0 Å². The number of unbranched alkanes of at least 4 members (excludes halogenated alkanes) is 1. The van der Waals surface area contributed by atoms with Gasteiger partial charge in [-0.05, 0) is 24.6 Å². The van der Waals surface area contributed by atoms with Gasteiger partial charge in [-0.25, -0.2) is 9.97 Å². The quantitative estimate of drug-likeness (QED) is 0.630. The van der Waals surface area contributed by atoms with E-state index in [1.165, 1.54) is 0 Å². The first-order valence-electron chi connectivity index (χ1n) is 8.24. The van der Waals surface area contributed by atoms with E-state index >= 15 is 0 Å². The number of nitrogens with two attached hydrogens (primary N) is 2. The highest BCUT2D eigenvalue weighted by Gasteiger charge is 2.16. The molecule has 0 fully saturated rings. The summed E-state index contributed by atoms with van der Waals surface area (Å²) in [5.74, 6) is 1.54. The first kappa shape index (κ1) is 16.9. The zero-order valence-corrected chi connectivity index (χ0v) is 15.4. The molecule has 0 saturated heterocycles. The molecule has 6 heteroatoms. The largest absolute Gasteiger partial charge is 0.382 e. The fourth-order valence-corrected chi connectivity index (χ4v) is 3.29. The van der Waals surface area contributed by atoms with Gasteiger partial charge in [0.2, 0.25) is 0 Å². The summed E-state index contributed by atoms with van der Waals surface area (Å²) in [7, 11) is 0. The molecule has 2 heterocycles. The molecule has 126 valence electrons. The van der Waals surface area contributed by atoms with Crippen molar-refractivity contribution >= 4 is 43.7 Å². The molecule has 3 aromatic rings. The summed E-state index contributed by atoms with van der Waals surface area (Å²) in [5, 5.41) is 1.06. The molecule has 0 aliphatic heterocycles. The predicted molar refractivity (Wildman–Crippen MR) is 104 cm³/mol. The monoisotopic (exact) mass is 387 g/mol. The van der Waals surface area contributed by atoms with Crippen LogP contribution in [0.4, 0.5) is 5.82 Å². The lowest BCUT2D eigenvalue weighted by molar-refractivity contribution is 0.697. The third-order valence-electron chi connectivity index (χ3n) is 4.09. The van der Waals surface area contributed by atoms with E-state index in [0.29, 0.717) is 12.4 Å². The number of hydrogen-bond acceptors (Lipinski definition) is 4. The van der Waals surface area contributed by atoms with Gasteiger partial charge in [0.05, 0.1) is 11.0 Å². The minimum atomic E-state index is 0.485. The van der Waals surface area contributed by atoms with Crippen LogP contribution >= 0.6 is 15.9 Å². The van der Waals surface area contributed by atoms with Gasteiger partial charge in [-0.3, -0.25) is 0 Å². The lowest BCUT2D eigenvalue weighted by Gasteiger charge is -2.09. The van der Waals surface area contributed by atoms with E-state index in [-0.39, 0.29) is 0 Å². The van der Waals surface area contributed by atoms with Crippen LogP contribution in [0.2, 0.25) is 0 Å². The third-order valence-corrected chi connectivity index (χ3v) is 4.58. The van der Waals surface area contributed by atoms with Crippen molar-refractivity contribution in [2.75, 3.05) is 12.3 Å². The second-order valence-electron chi connectivity index (χ2n) is 5.81. The molecule has 0 atom stereocenters. The summed E-state index contributed by atoms with van der Waals surface area (Å²) in [4.78, 5) is 9.32. The van der Waals surface area contributed by atoms with Crippen molar-refractivity contribution in [2.45, 2.75) is 32.7 Å². The van der Waals surface area contributed by atoms with E-state index in [4.69, 9.17) is 16.5 Å². The molecule has 0 unspecified atom stereocenters. The molecule has 0 radical (unpaired) electrons. The number of anilines is 1. The highest BCUT2D eigenvalue weighted by atomic mass is 79.9. The standard InChI is InChI=1S/C18H22BrN5/c1-2-3-6-15-23-16-17(24(15)10-5-4-9-20)13-11-12(19)7-8-14(13)22-18(16)21/h4-5,7-8,11H,2-3,6,9-10,20H2,1H3,(H2,21,22)/b5-4+. The zero-order valence-electron chi connectivity index (χ0n) is 13.8. The van der Waals surface area contributed by atoms with Gasteiger partial charge in [0.15, 0.2) is 5.82 Å². The smallest absolute Gasteiger partial charge is 0.152 e. The van der Waals surface area contributed by atoms with Crippen molar-refractivity contribution in [3.8, 4) is 0 Å². The van der Waals surface area contributed by atoms with Gasteiger partial charge in [-0.2, -0.15) is 0 Å². The Kier molecular flexibility index (Phi) is 5.16. The van der Waals surface area contributed by atoms with E-state index in [1.54, 1.807) is 0 Å². The molecule has 24 heavy (non-hydrogen) atoms. The number of hydrogen-bond donors (Lipinski definition) is 2. The number of pyridine rings is 1. The van der Waals surface area contributed by atoms with Gasteiger partial charge in [0.25, 0.3) is 0 Å². The van der Waals surface area contributed by atoms with Crippen molar-refractivity contribution in [3.63, 3.8) is 0 Å². The number of benzene rings is 1. The first-order valence-corrected chi connectivity index (χ1v) is 9.04. The minimum Gasteiger partial charge on any atom is -0.382 e. The molecular weight excluding hydrogens is 366 g/mol. The minimum absolute atomic E-state index is 0.485. The van der Waals surface area contributed by atoms with E-state index in [0.717, 1.165) is 58.0 Å². The number of halogens is 1. The van der Waals surface area contributed by atoms with Crippen LogP contribution in [0.5, 0.6) is 0 Å². The Bertz CT molecular complexity index is 897. The molecule has 2 aromatic heterocycles. The van der Waals surface area contributed by atoms with Crippen molar-refractivity contribution in [2.24, 2.45) is 5.73 Å². The summed E-state index contributed by atoms with van der Waals surface area (Å²) < 4.78 is 3.26. The van der Waals surface area contributed by atoms with Crippen molar-refractivity contribution in [1.82, 2.24) is 14.5 Å². The Balaban J connectivity index is 2.29. The van der Waals surface area contributed by atoms with Crippen LogP contribution in [0.25, 0.3) is 21.9 Å². The van der Waals surface area contributed by atoms with Crippen LogP contribution in [-0.2, 0) is 13.0 Å². The number of nitrogen functional groups attached to an aromatic ring is 1. The van der Waals surface area contributed by atoms with Crippen LogP contribution < -0.4 is 11.5 Å².